The summed E-state index contributed by atoms with van der Waals surface area (Å²) >= 11 is 1.09. The van der Waals surface area contributed by atoms with Crippen molar-refractivity contribution in [3.63, 3.8) is 0 Å². The van der Waals surface area contributed by atoms with Crippen LogP contribution in [-0.4, -0.2) is 51.0 Å². The topological polar surface area (TPSA) is 101 Å². The van der Waals surface area contributed by atoms with Crippen molar-refractivity contribution < 1.29 is 18.7 Å². The Labute approximate surface area is 140 Å². The van der Waals surface area contributed by atoms with E-state index in [9.17, 15) is 9.59 Å². The van der Waals surface area contributed by atoms with Crippen LogP contribution >= 0.6 is 11.8 Å². The number of hydrogen-bond acceptors (Lipinski definition) is 7. The van der Waals surface area contributed by atoms with Gasteiger partial charge in [-0.25, -0.2) is 9.69 Å². The van der Waals surface area contributed by atoms with Crippen LogP contribution in [0.15, 0.2) is 40.1 Å². The first-order valence-electron chi connectivity index (χ1n) is 7.22. The Balaban J connectivity index is 1.47. The van der Waals surface area contributed by atoms with E-state index in [0.29, 0.717) is 5.89 Å². The molecule has 0 unspecified atom stereocenters. The van der Waals surface area contributed by atoms with Gasteiger partial charge in [-0.3, -0.25) is 4.79 Å². The van der Waals surface area contributed by atoms with Gasteiger partial charge >= 0.3 is 6.09 Å². The summed E-state index contributed by atoms with van der Waals surface area (Å²) in [6, 6.07) is 7.78. The second-order valence-corrected chi connectivity index (χ2v) is 6.00. The molecule has 1 aliphatic rings. The number of carbonyl (C=O) groups excluding carboxylic acids is 2. The van der Waals surface area contributed by atoms with Gasteiger partial charge in [0.1, 0.15) is 6.61 Å². The van der Waals surface area contributed by atoms with Crippen molar-refractivity contribution in [1.29, 1.82) is 0 Å². The fourth-order valence-corrected chi connectivity index (χ4v) is 3.09. The van der Waals surface area contributed by atoms with E-state index in [1.165, 1.54) is 0 Å². The van der Waals surface area contributed by atoms with Gasteiger partial charge in [-0.05, 0) is 6.07 Å². The third-order valence-electron chi connectivity index (χ3n) is 3.61. The van der Waals surface area contributed by atoms with Crippen molar-refractivity contribution in [2.75, 3.05) is 18.9 Å². The Morgan fingerprint density at radius 1 is 1.33 bits per heavy atom. The molecule has 1 fully saturated rings. The molecule has 0 saturated carbocycles. The molecule has 2 amide bonds. The lowest BCUT2D eigenvalue weighted by Crippen LogP contribution is -2.32. The van der Waals surface area contributed by atoms with Crippen LogP contribution in [-0.2, 0) is 9.53 Å². The van der Waals surface area contributed by atoms with Gasteiger partial charge in [0.2, 0.25) is 5.91 Å². The number of nitrogens with one attached hydrogen (secondary N) is 1. The van der Waals surface area contributed by atoms with Crippen molar-refractivity contribution in [1.82, 2.24) is 20.1 Å². The fraction of sp³-hybridized carbons (Fsp3) is 0.200. The number of nitrogens with zero attached hydrogens (tertiary/aromatic N) is 3. The lowest BCUT2D eigenvalue weighted by molar-refractivity contribution is -0.125. The van der Waals surface area contributed by atoms with E-state index in [1.807, 2.05) is 24.3 Å². The Morgan fingerprint density at radius 3 is 3.04 bits per heavy atom. The van der Waals surface area contributed by atoms with Crippen LogP contribution in [0.2, 0.25) is 0 Å². The van der Waals surface area contributed by atoms with Gasteiger partial charge in [-0.2, -0.15) is 0 Å². The van der Waals surface area contributed by atoms with Crippen LogP contribution in [0.25, 0.3) is 22.4 Å². The minimum Gasteiger partial charge on any atom is -0.447 e. The van der Waals surface area contributed by atoms with Crippen LogP contribution in [0.5, 0.6) is 0 Å². The van der Waals surface area contributed by atoms with E-state index in [-0.39, 0.29) is 30.0 Å². The third-order valence-corrected chi connectivity index (χ3v) is 4.41. The summed E-state index contributed by atoms with van der Waals surface area (Å²) in [6.07, 6.45) is 1.20. The van der Waals surface area contributed by atoms with Crippen LogP contribution in [0, 0.1) is 0 Å². The van der Waals surface area contributed by atoms with E-state index in [4.69, 9.17) is 9.15 Å². The predicted octanol–water partition coefficient (Wildman–Crippen LogP) is 2.29. The number of ether oxygens (including phenoxy) is 1. The zero-order valence-electron chi connectivity index (χ0n) is 12.4. The summed E-state index contributed by atoms with van der Waals surface area (Å²) in [5.74, 6) is 0.0715. The molecule has 0 aliphatic carbocycles. The number of fused-ring (bicyclic) bond motifs is 1. The van der Waals surface area contributed by atoms with E-state index < -0.39 is 6.09 Å². The predicted molar refractivity (Wildman–Crippen MR) is 85.4 cm³/mol. The number of thioether (sulfide) groups is 1. The highest BCUT2D eigenvalue weighted by Gasteiger charge is 2.28. The van der Waals surface area contributed by atoms with Crippen molar-refractivity contribution in [2.45, 2.75) is 5.22 Å². The molecular formula is C15H12N4O4S. The van der Waals surface area contributed by atoms with E-state index >= 15 is 0 Å². The van der Waals surface area contributed by atoms with Gasteiger partial charge in [-0.1, -0.05) is 30.0 Å². The zero-order valence-corrected chi connectivity index (χ0v) is 13.2. The maximum absolute atomic E-state index is 11.9. The highest BCUT2D eigenvalue weighted by molar-refractivity contribution is 7.99. The molecule has 122 valence electrons. The van der Waals surface area contributed by atoms with Crippen LogP contribution in [0.4, 0.5) is 4.79 Å². The molecule has 9 heteroatoms. The fourth-order valence-electron chi connectivity index (χ4n) is 2.45. The number of H-pyrrole nitrogens is 1. The molecule has 1 aromatic carbocycles. The molecule has 24 heavy (non-hydrogen) atoms. The lowest BCUT2D eigenvalue weighted by Gasteiger charge is -2.08. The van der Waals surface area contributed by atoms with Gasteiger partial charge in [0, 0.05) is 17.1 Å². The SMILES string of the molecule is O=C(CSc1nnc(-c2c[nH]c3ccccc23)o1)N1CCOC1=O. The average Bonchev–Trinajstić information content (AvgIpc) is 3.31. The quantitative estimate of drug-likeness (QED) is 0.725. The first kappa shape index (κ1) is 14.8. The molecule has 8 nitrogen and oxygen atoms in total. The summed E-state index contributed by atoms with van der Waals surface area (Å²) in [7, 11) is 0. The number of imide groups is 1. The van der Waals surface area contributed by atoms with Crippen molar-refractivity contribution in [3.8, 4) is 11.5 Å². The molecular weight excluding hydrogens is 332 g/mol. The largest absolute Gasteiger partial charge is 0.447 e. The number of aromatic nitrogens is 3. The normalized spacial score (nSPS) is 14.3. The number of para-hydroxylation sites is 1. The minimum absolute atomic E-state index is 0.0324. The number of cyclic esters (lactones) is 1. The summed E-state index contributed by atoms with van der Waals surface area (Å²) in [6.45, 7) is 0.517. The second kappa shape index (κ2) is 6.00. The van der Waals surface area contributed by atoms with Gasteiger partial charge in [-0.15, -0.1) is 10.2 Å². The molecule has 1 N–H and O–H groups in total. The molecule has 1 saturated heterocycles. The Morgan fingerprint density at radius 2 is 2.21 bits per heavy atom. The van der Waals surface area contributed by atoms with Crippen molar-refractivity contribution in [2.24, 2.45) is 0 Å². The van der Waals surface area contributed by atoms with Crippen molar-refractivity contribution >= 4 is 34.7 Å². The van der Waals surface area contributed by atoms with E-state index in [1.54, 1.807) is 6.20 Å². The van der Waals surface area contributed by atoms with E-state index in [2.05, 4.69) is 15.2 Å². The summed E-state index contributed by atoms with van der Waals surface area (Å²) < 4.78 is 10.3. The number of hydrogen-bond donors (Lipinski definition) is 1. The number of carbonyl (C=O) groups is 2. The summed E-state index contributed by atoms with van der Waals surface area (Å²) in [5.41, 5.74) is 1.78. The summed E-state index contributed by atoms with van der Waals surface area (Å²) in [4.78, 5) is 27.5. The van der Waals surface area contributed by atoms with Crippen molar-refractivity contribution in [3.05, 3.63) is 30.5 Å². The standard InChI is InChI=1S/C15H12N4O4S/c20-12(19-5-6-22-15(19)21)8-24-14-18-17-13(23-14)10-7-16-11-4-2-1-3-9(10)11/h1-4,7,16H,5-6,8H2. The van der Waals surface area contributed by atoms with Crippen LogP contribution in [0.1, 0.15) is 0 Å². The Hall–Kier alpha value is -2.81. The second-order valence-electron chi connectivity index (χ2n) is 5.07. The van der Waals surface area contributed by atoms with Crippen LogP contribution in [0.3, 0.4) is 0 Å². The Kier molecular flexibility index (Phi) is 3.69. The van der Waals surface area contributed by atoms with E-state index in [0.717, 1.165) is 33.1 Å². The number of aromatic amines is 1. The molecule has 2 aromatic heterocycles. The van der Waals surface area contributed by atoms with Crippen LogP contribution < -0.4 is 0 Å². The van der Waals surface area contributed by atoms with Gasteiger partial charge in [0.15, 0.2) is 0 Å². The maximum Gasteiger partial charge on any atom is 0.416 e. The minimum atomic E-state index is -0.606. The first-order valence-corrected chi connectivity index (χ1v) is 8.21. The van der Waals surface area contributed by atoms with Gasteiger partial charge in [0.05, 0.1) is 17.9 Å². The van der Waals surface area contributed by atoms with Gasteiger partial charge < -0.3 is 14.1 Å². The monoisotopic (exact) mass is 344 g/mol. The molecule has 0 radical (unpaired) electrons. The highest BCUT2D eigenvalue weighted by Crippen LogP contribution is 2.29. The molecule has 0 spiro atoms. The number of benzene rings is 1. The summed E-state index contributed by atoms with van der Waals surface area (Å²) in [5, 5.41) is 9.22. The highest BCUT2D eigenvalue weighted by atomic mass is 32.2. The number of amides is 2. The molecule has 4 rings (SSSR count). The smallest absolute Gasteiger partial charge is 0.416 e. The first-order chi connectivity index (χ1) is 11.7. The molecule has 3 heterocycles. The molecule has 3 aromatic rings. The molecule has 1 aliphatic heterocycles. The number of rotatable bonds is 4. The zero-order chi connectivity index (χ0) is 16.5. The molecule has 0 atom stereocenters. The van der Waals surface area contributed by atoms with Gasteiger partial charge in [0.25, 0.3) is 11.1 Å². The molecule has 0 bridgehead atoms. The Bertz CT molecular complexity index is 919. The maximum atomic E-state index is 11.9. The lowest BCUT2D eigenvalue weighted by atomic mass is 10.2. The third kappa shape index (κ3) is 2.62. The average molecular weight is 344 g/mol.